The first-order valence-electron chi connectivity index (χ1n) is 7.27. The van der Waals surface area contributed by atoms with E-state index in [2.05, 4.69) is 55.4 Å². The van der Waals surface area contributed by atoms with Crippen molar-refractivity contribution in [3.63, 3.8) is 0 Å². The summed E-state index contributed by atoms with van der Waals surface area (Å²) in [7, 11) is 2.06. The maximum absolute atomic E-state index is 3.43. The summed E-state index contributed by atoms with van der Waals surface area (Å²) in [6.45, 7) is 7.03. The number of nitrogens with zero attached hydrogens (tertiary/aromatic N) is 1. The molecule has 1 N–H and O–H groups in total. The lowest BCUT2D eigenvalue weighted by molar-refractivity contribution is 0.436. The molecule has 0 amide bonds. The van der Waals surface area contributed by atoms with E-state index >= 15 is 0 Å². The van der Waals surface area contributed by atoms with Gasteiger partial charge in [0.2, 0.25) is 0 Å². The zero-order valence-electron chi connectivity index (χ0n) is 11.9. The third-order valence-corrected chi connectivity index (χ3v) is 4.19. The van der Waals surface area contributed by atoms with Gasteiger partial charge in [0, 0.05) is 24.8 Å². The summed E-state index contributed by atoms with van der Waals surface area (Å²) in [6, 6.07) is 9.36. The van der Waals surface area contributed by atoms with Crippen molar-refractivity contribution < 1.29 is 0 Å². The number of nitrogens with one attached hydrogen (secondary N) is 1. The van der Waals surface area contributed by atoms with E-state index in [0.29, 0.717) is 6.04 Å². The molecule has 2 heteroatoms. The summed E-state index contributed by atoms with van der Waals surface area (Å²) in [6.07, 6.45) is 3.78. The van der Waals surface area contributed by atoms with E-state index < -0.39 is 0 Å². The van der Waals surface area contributed by atoms with Crippen LogP contribution >= 0.6 is 0 Å². The Kier molecular flexibility index (Phi) is 4.65. The van der Waals surface area contributed by atoms with E-state index in [1.165, 1.54) is 37.2 Å². The first kappa shape index (κ1) is 13.4. The van der Waals surface area contributed by atoms with Crippen LogP contribution in [0, 0.1) is 5.92 Å². The Labute approximate surface area is 111 Å². The van der Waals surface area contributed by atoms with Gasteiger partial charge in [-0.3, -0.25) is 0 Å². The number of hydrogen-bond donors (Lipinski definition) is 1. The van der Waals surface area contributed by atoms with Crippen molar-refractivity contribution in [2.45, 2.75) is 39.2 Å². The SMILES string of the molecule is CCC(NC)c1ccccc1N1CCC(C)CC1. The lowest BCUT2D eigenvalue weighted by atomic mass is 9.96. The second kappa shape index (κ2) is 6.24. The molecule has 18 heavy (non-hydrogen) atoms. The van der Waals surface area contributed by atoms with Gasteiger partial charge in [-0.25, -0.2) is 0 Å². The highest BCUT2D eigenvalue weighted by atomic mass is 15.1. The molecule has 0 saturated carbocycles. The average molecular weight is 246 g/mol. The summed E-state index contributed by atoms with van der Waals surface area (Å²) < 4.78 is 0. The molecule has 2 nitrogen and oxygen atoms in total. The van der Waals surface area contributed by atoms with Crippen LogP contribution in [0.2, 0.25) is 0 Å². The zero-order valence-corrected chi connectivity index (χ0v) is 11.9. The van der Waals surface area contributed by atoms with E-state index in [0.717, 1.165) is 12.3 Å². The van der Waals surface area contributed by atoms with Crippen molar-refractivity contribution >= 4 is 5.69 Å². The normalized spacial score (nSPS) is 18.9. The molecule has 0 bridgehead atoms. The Morgan fingerprint density at radius 1 is 1.28 bits per heavy atom. The molecule has 1 aromatic carbocycles. The molecule has 1 saturated heterocycles. The van der Waals surface area contributed by atoms with E-state index in [1.54, 1.807) is 0 Å². The van der Waals surface area contributed by atoms with Crippen LogP contribution < -0.4 is 10.2 Å². The van der Waals surface area contributed by atoms with Crippen molar-refractivity contribution in [1.29, 1.82) is 0 Å². The predicted octanol–water partition coefficient (Wildman–Crippen LogP) is 3.59. The number of piperidine rings is 1. The van der Waals surface area contributed by atoms with Gasteiger partial charge < -0.3 is 10.2 Å². The van der Waals surface area contributed by atoms with E-state index in [1.807, 2.05) is 0 Å². The van der Waals surface area contributed by atoms with Gasteiger partial charge in [-0.15, -0.1) is 0 Å². The second-order valence-corrected chi connectivity index (χ2v) is 5.48. The number of anilines is 1. The van der Waals surface area contributed by atoms with E-state index in [9.17, 15) is 0 Å². The fraction of sp³-hybridized carbons (Fsp3) is 0.625. The van der Waals surface area contributed by atoms with E-state index in [4.69, 9.17) is 0 Å². The predicted molar refractivity (Wildman–Crippen MR) is 79.1 cm³/mol. The minimum atomic E-state index is 0.473. The molecule has 1 fully saturated rings. The summed E-state index contributed by atoms with van der Waals surface area (Å²) >= 11 is 0. The highest BCUT2D eigenvalue weighted by Gasteiger charge is 2.20. The summed E-state index contributed by atoms with van der Waals surface area (Å²) in [4.78, 5) is 2.56. The highest BCUT2D eigenvalue weighted by Crippen LogP contribution is 2.30. The number of rotatable bonds is 4. The van der Waals surface area contributed by atoms with Gasteiger partial charge >= 0.3 is 0 Å². The molecular formula is C16H26N2. The number of para-hydroxylation sites is 1. The monoisotopic (exact) mass is 246 g/mol. The molecule has 1 aliphatic heterocycles. The van der Waals surface area contributed by atoms with Crippen LogP contribution in [0.25, 0.3) is 0 Å². The van der Waals surface area contributed by atoms with Crippen molar-refractivity contribution in [3.05, 3.63) is 29.8 Å². The Balaban J connectivity index is 2.21. The Hall–Kier alpha value is -1.02. The quantitative estimate of drug-likeness (QED) is 0.873. The van der Waals surface area contributed by atoms with Gasteiger partial charge in [-0.1, -0.05) is 32.0 Å². The maximum atomic E-state index is 3.43. The molecular weight excluding hydrogens is 220 g/mol. The van der Waals surface area contributed by atoms with Crippen molar-refractivity contribution in [3.8, 4) is 0 Å². The third-order valence-electron chi connectivity index (χ3n) is 4.19. The van der Waals surface area contributed by atoms with Gasteiger partial charge in [0.15, 0.2) is 0 Å². The minimum absolute atomic E-state index is 0.473. The van der Waals surface area contributed by atoms with Crippen molar-refractivity contribution in [1.82, 2.24) is 5.32 Å². The molecule has 1 aromatic rings. The highest BCUT2D eigenvalue weighted by molar-refractivity contribution is 5.55. The summed E-state index contributed by atoms with van der Waals surface area (Å²) in [5.74, 6) is 0.889. The number of benzene rings is 1. The average Bonchev–Trinajstić information content (AvgIpc) is 2.42. The van der Waals surface area contributed by atoms with Crippen LogP contribution in [-0.4, -0.2) is 20.1 Å². The van der Waals surface area contributed by atoms with Crippen molar-refractivity contribution in [2.75, 3.05) is 25.0 Å². The molecule has 0 aliphatic carbocycles. The zero-order chi connectivity index (χ0) is 13.0. The Bertz CT molecular complexity index is 363. The lowest BCUT2D eigenvalue weighted by Gasteiger charge is -2.34. The van der Waals surface area contributed by atoms with Gasteiger partial charge in [0.25, 0.3) is 0 Å². The standard InChI is InChI=1S/C16H26N2/c1-4-15(17-3)14-7-5-6-8-16(14)18-11-9-13(2)10-12-18/h5-8,13,15,17H,4,9-12H2,1-3H3. The molecule has 0 spiro atoms. The topological polar surface area (TPSA) is 15.3 Å². The van der Waals surface area contributed by atoms with Crippen molar-refractivity contribution in [2.24, 2.45) is 5.92 Å². The smallest absolute Gasteiger partial charge is 0.0414 e. The molecule has 0 aromatic heterocycles. The summed E-state index contributed by atoms with van der Waals surface area (Å²) in [5.41, 5.74) is 2.89. The van der Waals surface area contributed by atoms with Crippen LogP contribution in [0.3, 0.4) is 0 Å². The molecule has 2 rings (SSSR count). The minimum Gasteiger partial charge on any atom is -0.371 e. The fourth-order valence-electron chi connectivity index (χ4n) is 2.90. The van der Waals surface area contributed by atoms with Crippen LogP contribution in [0.5, 0.6) is 0 Å². The molecule has 1 atom stereocenters. The summed E-state index contributed by atoms with van der Waals surface area (Å²) in [5, 5.41) is 3.43. The Morgan fingerprint density at radius 2 is 1.94 bits per heavy atom. The first-order chi connectivity index (χ1) is 8.76. The largest absolute Gasteiger partial charge is 0.371 e. The second-order valence-electron chi connectivity index (χ2n) is 5.48. The van der Waals surface area contributed by atoms with Crippen LogP contribution in [0.4, 0.5) is 5.69 Å². The Morgan fingerprint density at radius 3 is 2.56 bits per heavy atom. The lowest BCUT2D eigenvalue weighted by Crippen LogP contribution is -2.34. The maximum Gasteiger partial charge on any atom is 0.0414 e. The molecule has 1 aliphatic rings. The van der Waals surface area contributed by atoms with Gasteiger partial charge in [-0.05, 0) is 43.9 Å². The molecule has 1 unspecified atom stereocenters. The fourth-order valence-corrected chi connectivity index (χ4v) is 2.90. The van der Waals surface area contributed by atoms with Crippen LogP contribution in [0.15, 0.2) is 24.3 Å². The first-order valence-corrected chi connectivity index (χ1v) is 7.27. The molecule has 0 radical (unpaired) electrons. The number of hydrogen-bond acceptors (Lipinski definition) is 2. The van der Waals surface area contributed by atoms with E-state index in [-0.39, 0.29) is 0 Å². The van der Waals surface area contributed by atoms with Crippen LogP contribution in [0.1, 0.15) is 44.7 Å². The third kappa shape index (κ3) is 2.86. The van der Waals surface area contributed by atoms with Gasteiger partial charge in [0.05, 0.1) is 0 Å². The van der Waals surface area contributed by atoms with Gasteiger partial charge in [0.1, 0.15) is 0 Å². The molecule has 1 heterocycles. The molecule has 100 valence electrons. The van der Waals surface area contributed by atoms with Crippen LogP contribution in [-0.2, 0) is 0 Å². The van der Waals surface area contributed by atoms with Gasteiger partial charge in [-0.2, -0.15) is 0 Å².